The zero-order valence-corrected chi connectivity index (χ0v) is 12.5. The standard InChI is InChI=1S/C15H29N3O/c1-12-5-6-13(2)18(11-12)14(10-16)9-15(19)17-7-3-4-8-17/h12-14H,3-11,16H2,1-2H3. The van der Waals surface area contributed by atoms with Gasteiger partial charge in [0.05, 0.1) is 0 Å². The second-order valence-corrected chi connectivity index (χ2v) is 6.41. The Kier molecular flexibility index (Phi) is 5.22. The van der Waals surface area contributed by atoms with E-state index in [1.165, 1.54) is 12.8 Å². The van der Waals surface area contributed by atoms with Gasteiger partial charge >= 0.3 is 0 Å². The molecule has 3 atom stereocenters. The lowest BCUT2D eigenvalue weighted by atomic mass is 9.92. The van der Waals surface area contributed by atoms with Crippen molar-refractivity contribution in [3.63, 3.8) is 0 Å². The molecule has 0 aliphatic carbocycles. The molecule has 0 aromatic heterocycles. The Balaban J connectivity index is 1.92. The van der Waals surface area contributed by atoms with Crippen LogP contribution in [0.15, 0.2) is 0 Å². The van der Waals surface area contributed by atoms with E-state index in [-0.39, 0.29) is 6.04 Å². The molecule has 0 aromatic rings. The van der Waals surface area contributed by atoms with Crippen molar-refractivity contribution in [3.05, 3.63) is 0 Å². The minimum atomic E-state index is 0.228. The van der Waals surface area contributed by atoms with E-state index in [9.17, 15) is 4.79 Å². The molecule has 0 aromatic carbocycles. The molecular weight excluding hydrogens is 238 g/mol. The number of carbonyl (C=O) groups excluding carboxylic acids is 1. The highest BCUT2D eigenvalue weighted by Gasteiger charge is 2.31. The lowest BCUT2D eigenvalue weighted by Crippen LogP contribution is -2.52. The third kappa shape index (κ3) is 3.69. The first kappa shape index (κ1) is 14.8. The third-order valence-corrected chi connectivity index (χ3v) is 4.78. The van der Waals surface area contributed by atoms with E-state index in [0.29, 0.717) is 24.9 Å². The summed E-state index contributed by atoms with van der Waals surface area (Å²) < 4.78 is 0. The fraction of sp³-hybridized carbons (Fsp3) is 0.933. The molecule has 19 heavy (non-hydrogen) atoms. The molecule has 2 N–H and O–H groups in total. The number of hydrogen-bond acceptors (Lipinski definition) is 3. The highest BCUT2D eigenvalue weighted by atomic mass is 16.2. The molecular formula is C15H29N3O. The quantitative estimate of drug-likeness (QED) is 0.838. The van der Waals surface area contributed by atoms with E-state index >= 15 is 0 Å². The number of nitrogens with two attached hydrogens (primary N) is 1. The van der Waals surface area contributed by atoms with Crippen LogP contribution in [-0.2, 0) is 4.79 Å². The molecule has 4 heteroatoms. The van der Waals surface area contributed by atoms with Crippen molar-refractivity contribution in [2.75, 3.05) is 26.2 Å². The molecule has 2 heterocycles. The zero-order valence-electron chi connectivity index (χ0n) is 12.5. The van der Waals surface area contributed by atoms with Crippen molar-refractivity contribution in [2.45, 2.75) is 58.0 Å². The molecule has 2 rings (SSSR count). The molecule has 110 valence electrons. The van der Waals surface area contributed by atoms with E-state index < -0.39 is 0 Å². The molecule has 2 aliphatic rings. The summed E-state index contributed by atoms with van der Waals surface area (Å²) in [7, 11) is 0. The summed E-state index contributed by atoms with van der Waals surface area (Å²) in [5.74, 6) is 1.03. The van der Waals surface area contributed by atoms with Crippen LogP contribution in [0.4, 0.5) is 0 Å². The molecule has 0 saturated carbocycles. The second-order valence-electron chi connectivity index (χ2n) is 6.41. The van der Waals surface area contributed by atoms with Gasteiger partial charge in [-0.25, -0.2) is 0 Å². The summed E-state index contributed by atoms with van der Waals surface area (Å²) in [6.07, 6.45) is 5.46. The molecule has 0 spiro atoms. The first-order chi connectivity index (χ1) is 9.11. The summed E-state index contributed by atoms with van der Waals surface area (Å²) in [5, 5.41) is 0. The summed E-state index contributed by atoms with van der Waals surface area (Å²) >= 11 is 0. The van der Waals surface area contributed by atoms with Gasteiger partial charge in [0.1, 0.15) is 0 Å². The molecule has 2 fully saturated rings. The van der Waals surface area contributed by atoms with E-state index in [2.05, 4.69) is 18.7 Å². The number of rotatable bonds is 4. The van der Waals surface area contributed by atoms with Crippen LogP contribution in [0.5, 0.6) is 0 Å². The maximum atomic E-state index is 12.3. The summed E-state index contributed by atoms with van der Waals surface area (Å²) in [6, 6.07) is 0.793. The fourth-order valence-corrected chi connectivity index (χ4v) is 3.46. The van der Waals surface area contributed by atoms with E-state index in [4.69, 9.17) is 5.73 Å². The SMILES string of the molecule is CC1CCC(C)N(C(CN)CC(=O)N2CCCC2)C1. The molecule has 1 amide bonds. The van der Waals surface area contributed by atoms with Gasteiger partial charge in [0.25, 0.3) is 0 Å². The van der Waals surface area contributed by atoms with E-state index in [0.717, 1.165) is 38.4 Å². The van der Waals surface area contributed by atoms with Crippen molar-refractivity contribution in [3.8, 4) is 0 Å². The predicted molar refractivity (Wildman–Crippen MR) is 77.8 cm³/mol. The highest BCUT2D eigenvalue weighted by molar-refractivity contribution is 5.77. The molecule has 2 aliphatic heterocycles. The van der Waals surface area contributed by atoms with Crippen LogP contribution in [0.2, 0.25) is 0 Å². The Morgan fingerprint density at radius 3 is 2.58 bits per heavy atom. The van der Waals surface area contributed by atoms with Gasteiger partial charge in [-0.15, -0.1) is 0 Å². The first-order valence-corrected chi connectivity index (χ1v) is 7.85. The van der Waals surface area contributed by atoms with Crippen molar-refractivity contribution in [1.29, 1.82) is 0 Å². The normalized spacial score (nSPS) is 30.6. The number of nitrogens with zero attached hydrogens (tertiary/aromatic N) is 2. The number of hydrogen-bond donors (Lipinski definition) is 1. The van der Waals surface area contributed by atoms with Gasteiger partial charge in [0.15, 0.2) is 0 Å². The van der Waals surface area contributed by atoms with Crippen LogP contribution in [0.25, 0.3) is 0 Å². The smallest absolute Gasteiger partial charge is 0.224 e. The van der Waals surface area contributed by atoms with Crippen molar-refractivity contribution in [1.82, 2.24) is 9.80 Å². The number of piperidine rings is 1. The van der Waals surface area contributed by atoms with E-state index in [1.54, 1.807) is 0 Å². The largest absolute Gasteiger partial charge is 0.343 e. The van der Waals surface area contributed by atoms with Crippen LogP contribution in [0.3, 0.4) is 0 Å². The monoisotopic (exact) mass is 267 g/mol. The maximum Gasteiger partial charge on any atom is 0.224 e. The Bertz CT molecular complexity index is 302. The molecule has 0 bridgehead atoms. The average molecular weight is 267 g/mol. The van der Waals surface area contributed by atoms with Crippen LogP contribution < -0.4 is 5.73 Å². The lowest BCUT2D eigenvalue weighted by Gasteiger charge is -2.42. The first-order valence-electron chi connectivity index (χ1n) is 7.85. The Morgan fingerprint density at radius 2 is 1.95 bits per heavy atom. The molecule has 3 unspecified atom stereocenters. The molecule has 0 radical (unpaired) electrons. The van der Waals surface area contributed by atoms with Crippen molar-refractivity contribution in [2.24, 2.45) is 11.7 Å². The summed E-state index contributed by atoms with van der Waals surface area (Å²) in [4.78, 5) is 16.8. The number of amides is 1. The van der Waals surface area contributed by atoms with Gasteiger partial charge in [-0.1, -0.05) is 6.92 Å². The minimum absolute atomic E-state index is 0.228. The van der Waals surface area contributed by atoms with Gasteiger partial charge in [0.2, 0.25) is 5.91 Å². The third-order valence-electron chi connectivity index (χ3n) is 4.78. The Labute approximate surface area is 117 Å². The van der Waals surface area contributed by atoms with Crippen LogP contribution in [-0.4, -0.2) is 54.0 Å². The van der Waals surface area contributed by atoms with Crippen molar-refractivity contribution < 1.29 is 4.79 Å². The summed E-state index contributed by atoms with van der Waals surface area (Å²) in [6.45, 7) is 8.15. The predicted octanol–water partition coefficient (Wildman–Crippen LogP) is 1.45. The average Bonchev–Trinajstić information content (AvgIpc) is 2.93. The topological polar surface area (TPSA) is 49.6 Å². The van der Waals surface area contributed by atoms with Gasteiger partial charge < -0.3 is 10.6 Å². The minimum Gasteiger partial charge on any atom is -0.343 e. The van der Waals surface area contributed by atoms with Gasteiger partial charge in [-0.05, 0) is 38.5 Å². The zero-order chi connectivity index (χ0) is 13.8. The molecule has 4 nitrogen and oxygen atoms in total. The Morgan fingerprint density at radius 1 is 1.26 bits per heavy atom. The van der Waals surface area contributed by atoms with Gasteiger partial charge in [0, 0.05) is 44.7 Å². The van der Waals surface area contributed by atoms with Crippen LogP contribution in [0.1, 0.15) is 46.0 Å². The second kappa shape index (κ2) is 6.71. The van der Waals surface area contributed by atoms with E-state index in [1.807, 2.05) is 4.90 Å². The van der Waals surface area contributed by atoms with Crippen LogP contribution >= 0.6 is 0 Å². The highest BCUT2D eigenvalue weighted by Crippen LogP contribution is 2.24. The van der Waals surface area contributed by atoms with Crippen molar-refractivity contribution >= 4 is 5.91 Å². The molecule has 2 saturated heterocycles. The number of carbonyl (C=O) groups is 1. The van der Waals surface area contributed by atoms with Gasteiger partial charge in [-0.2, -0.15) is 0 Å². The fourth-order valence-electron chi connectivity index (χ4n) is 3.46. The van der Waals surface area contributed by atoms with Gasteiger partial charge in [-0.3, -0.25) is 9.69 Å². The Hall–Kier alpha value is -0.610. The lowest BCUT2D eigenvalue weighted by molar-refractivity contribution is -0.131. The number of likely N-dealkylation sites (tertiary alicyclic amines) is 2. The van der Waals surface area contributed by atoms with Crippen LogP contribution in [0, 0.1) is 5.92 Å². The summed E-state index contributed by atoms with van der Waals surface area (Å²) in [5.41, 5.74) is 5.95. The maximum absolute atomic E-state index is 12.3.